The van der Waals surface area contributed by atoms with Gasteiger partial charge < -0.3 is 24.0 Å². The van der Waals surface area contributed by atoms with Gasteiger partial charge in [-0.15, -0.1) is 0 Å². The van der Waals surface area contributed by atoms with Gasteiger partial charge in [-0.25, -0.2) is 4.99 Å². The molecule has 2 aliphatic heterocycles. The van der Waals surface area contributed by atoms with Gasteiger partial charge in [0.25, 0.3) is 0 Å². The lowest BCUT2D eigenvalue weighted by molar-refractivity contribution is -0.153. The van der Waals surface area contributed by atoms with E-state index < -0.39 is 23.8 Å². The molecule has 2 aromatic carbocycles. The summed E-state index contributed by atoms with van der Waals surface area (Å²) in [7, 11) is 3.10. The molecule has 0 bridgehead atoms. The number of esters is 1. The van der Waals surface area contributed by atoms with Gasteiger partial charge in [0.05, 0.1) is 20.8 Å². The summed E-state index contributed by atoms with van der Waals surface area (Å²) >= 11 is 0. The molecule has 180 valence electrons. The van der Waals surface area contributed by atoms with Gasteiger partial charge in [-0.05, 0) is 31.2 Å². The fraction of sp³-hybridized carbons (Fsp3) is 0.400. The molecule has 2 heterocycles. The van der Waals surface area contributed by atoms with Gasteiger partial charge in [0.2, 0.25) is 11.9 Å². The van der Waals surface area contributed by atoms with Gasteiger partial charge in [-0.3, -0.25) is 14.9 Å². The van der Waals surface area contributed by atoms with E-state index in [0.29, 0.717) is 36.1 Å². The molecule has 0 spiro atoms. The Hall–Kier alpha value is -3.75. The summed E-state index contributed by atoms with van der Waals surface area (Å²) in [6.07, 6.45) is 0. The zero-order valence-electron chi connectivity index (χ0n) is 19.7. The fourth-order valence-electron chi connectivity index (χ4n) is 4.33. The summed E-state index contributed by atoms with van der Waals surface area (Å²) < 4.78 is 16.1. The number of aliphatic imine (C=N–C) groups is 1. The van der Waals surface area contributed by atoms with Crippen LogP contribution in [0.2, 0.25) is 0 Å². The number of nitrogens with one attached hydrogen (secondary N) is 1. The molecule has 1 N–H and O–H groups in total. The van der Waals surface area contributed by atoms with E-state index in [1.165, 1.54) is 12.8 Å². The van der Waals surface area contributed by atoms with Crippen LogP contribution in [0.25, 0.3) is 0 Å². The van der Waals surface area contributed by atoms with Crippen LogP contribution in [0.5, 0.6) is 11.5 Å². The summed E-state index contributed by atoms with van der Waals surface area (Å²) in [6.45, 7) is 4.83. The second-order valence-electron chi connectivity index (χ2n) is 8.03. The largest absolute Gasteiger partial charge is 0.497 e. The standard InChI is InChI=1S/C25H30N4O5/c1-4-34-24(31)21-22(19-11-10-18(32-2)16-20(19)33-3)26-25(27-23(21)30)29-14-12-28(13-15-29)17-8-6-5-7-9-17/h5-11,16,21-22H,4,12-15H2,1-3H3,(H,26,27,30)/t21-,22-/m1/s1. The average Bonchev–Trinajstić information content (AvgIpc) is 2.88. The number of methoxy groups -OCH3 is 2. The number of benzene rings is 2. The first-order valence-electron chi connectivity index (χ1n) is 11.4. The van der Waals surface area contributed by atoms with Gasteiger partial charge in [-0.1, -0.05) is 18.2 Å². The molecule has 9 nitrogen and oxygen atoms in total. The highest BCUT2D eigenvalue weighted by atomic mass is 16.5. The Morgan fingerprint density at radius 3 is 2.38 bits per heavy atom. The highest BCUT2D eigenvalue weighted by Gasteiger charge is 2.43. The van der Waals surface area contributed by atoms with E-state index in [0.717, 1.165) is 13.1 Å². The van der Waals surface area contributed by atoms with E-state index in [1.54, 1.807) is 32.2 Å². The second kappa shape index (κ2) is 10.5. The van der Waals surface area contributed by atoms with Crippen LogP contribution in [0.1, 0.15) is 18.5 Å². The van der Waals surface area contributed by atoms with Crippen LogP contribution in [0, 0.1) is 5.92 Å². The third-order valence-electron chi connectivity index (χ3n) is 6.09. The molecule has 2 aliphatic rings. The topological polar surface area (TPSA) is 92.7 Å². The van der Waals surface area contributed by atoms with Crippen molar-refractivity contribution in [1.82, 2.24) is 10.2 Å². The van der Waals surface area contributed by atoms with Crippen molar-refractivity contribution in [1.29, 1.82) is 0 Å². The van der Waals surface area contributed by atoms with Crippen LogP contribution >= 0.6 is 0 Å². The lowest BCUT2D eigenvalue weighted by Gasteiger charge is -2.39. The Labute approximate surface area is 199 Å². The number of ether oxygens (including phenoxy) is 3. The van der Waals surface area contributed by atoms with Gasteiger partial charge in [-0.2, -0.15) is 0 Å². The van der Waals surface area contributed by atoms with E-state index in [-0.39, 0.29) is 6.61 Å². The summed E-state index contributed by atoms with van der Waals surface area (Å²) in [5.41, 5.74) is 1.79. The number of hydrogen-bond acceptors (Lipinski definition) is 8. The Kier molecular flexibility index (Phi) is 7.20. The Balaban J connectivity index is 1.63. The molecule has 2 atom stereocenters. The lowest BCUT2D eigenvalue weighted by Crippen LogP contribution is -2.57. The molecule has 2 aromatic rings. The number of rotatable bonds is 6. The van der Waals surface area contributed by atoms with Crippen LogP contribution in [0.15, 0.2) is 53.5 Å². The summed E-state index contributed by atoms with van der Waals surface area (Å²) in [5.74, 6) is -0.603. The van der Waals surface area contributed by atoms with Crippen LogP contribution in [-0.2, 0) is 14.3 Å². The van der Waals surface area contributed by atoms with E-state index in [1.807, 2.05) is 23.1 Å². The molecule has 4 rings (SSSR count). The number of carbonyl (C=O) groups is 2. The Morgan fingerprint density at radius 1 is 1.03 bits per heavy atom. The monoisotopic (exact) mass is 466 g/mol. The van der Waals surface area contributed by atoms with Crippen LogP contribution in [-0.4, -0.2) is 69.7 Å². The van der Waals surface area contributed by atoms with E-state index in [2.05, 4.69) is 22.3 Å². The number of nitrogens with zero attached hydrogens (tertiary/aromatic N) is 3. The van der Waals surface area contributed by atoms with Crippen molar-refractivity contribution in [2.45, 2.75) is 13.0 Å². The molecule has 0 aliphatic carbocycles. The van der Waals surface area contributed by atoms with Crippen LogP contribution in [0.3, 0.4) is 0 Å². The SMILES string of the molecule is CCOC(=O)[C@H]1C(=O)NC(N2CCN(c3ccccc3)CC2)=N[C@@H]1c1ccc(OC)cc1OC. The molecule has 1 fully saturated rings. The molecule has 1 saturated heterocycles. The van der Waals surface area contributed by atoms with Crippen molar-refractivity contribution >= 4 is 23.5 Å². The van der Waals surface area contributed by atoms with Crippen molar-refractivity contribution < 1.29 is 23.8 Å². The molecule has 0 saturated carbocycles. The van der Waals surface area contributed by atoms with Crippen molar-refractivity contribution in [3.05, 3.63) is 54.1 Å². The number of carbonyl (C=O) groups excluding carboxylic acids is 2. The predicted octanol–water partition coefficient (Wildman–Crippen LogP) is 2.23. The second-order valence-corrected chi connectivity index (χ2v) is 8.03. The summed E-state index contributed by atoms with van der Waals surface area (Å²) in [4.78, 5) is 35.1. The zero-order valence-corrected chi connectivity index (χ0v) is 19.7. The van der Waals surface area contributed by atoms with E-state index in [9.17, 15) is 9.59 Å². The first-order chi connectivity index (χ1) is 16.5. The highest BCUT2D eigenvalue weighted by Crippen LogP contribution is 2.38. The number of guanidine groups is 1. The molecule has 0 aromatic heterocycles. The first-order valence-corrected chi connectivity index (χ1v) is 11.4. The number of hydrogen-bond donors (Lipinski definition) is 1. The molecule has 0 radical (unpaired) electrons. The van der Waals surface area contributed by atoms with Crippen molar-refractivity contribution in [2.24, 2.45) is 10.9 Å². The molecule has 0 unspecified atom stereocenters. The fourth-order valence-corrected chi connectivity index (χ4v) is 4.33. The Bertz CT molecular complexity index is 1050. The Morgan fingerprint density at radius 2 is 1.74 bits per heavy atom. The van der Waals surface area contributed by atoms with E-state index in [4.69, 9.17) is 19.2 Å². The normalized spacial score (nSPS) is 20.3. The lowest BCUT2D eigenvalue weighted by atomic mass is 9.90. The van der Waals surface area contributed by atoms with Crippen molar-refractivity contribution in [2.75, 3.05) is 51.9 Å². The molecule has 9 heteroatoms. The minimum absolute atomic E-state index is 0.174. The van der Waals surface area contributed by atoms with Crippen molar-refractivity contribution in [3.63, 3.8) is 0 Å². The number of para-hydroxylation sites is 1. The molecule has 34 heavy (non-hydrogen) atoms. The highest BCUT2D eigenvalue weighted by molar-refractivity contribution is 6.08. The average molecular weight is 467 g/mol. The first kappa shape index (κ1) is 23.4. The molecular formula is C25H30N4O5. The third-order valence-corrected chi connectivity index (χ3v) is 6.09. The summed E-state index contributed by atoms with van der Waals surface area (Å²) in [6, 6.07) is 14.7. The smallest absolute Gasteiger partial charge is 0.321 e. The maximum Gasteiger partial charge on any atom is 0.321 e. The van der Waals surface area contributed by atoms with Gasteiger partial charge in [0, 0.05) is 43.5 Å². The maximum absolute atomic E-state index is 13.2. The third kappa shape index (κ3) is 4.78. The maximum atomic E-state index is 13.2. The van der Waals surface area contributed by atoms with Gasteiger partial charge >= 0.3 is 5.97 Å². The molecular weight excluding hydrogens is 436 g/mol. The summed E-state index contributed by atoms with van der Waals surface area (Å²) in [5, 5.41) is 2.84. The minimum Gasteiger partial charge on any atom is -0.497 e. The van der Waals surface area contributed by atoms with Crippen LogP contribution in [0.4, 0.5) is 5.69 Å². The van der Waals surface area contributed by atoms with Crippen molar-refractivity contribution in [3.8, 4) is 11.5 Å². The number of anilines is 1. The molecule has 1 amide bonds. The minimum atomic E-state index is -1.11. The quantitative estimate of drug-likeness (QED) is 0.516. The van der Waals surface area contributed by atoms with Gasteiger partial charge in [0.15, 0.2) is 5.92 Å². The number of piperazine rings is 1. The van der Waals surface area contributed by atoms with Gasteiger partial charge in [0.1, 0.15) is 17.5 Å². The van der Waals surface area contributed by atoms with E-state index >= 15 is 0 Å². The predicted molar refractivity (Wildman–Crippen MR) is 128 cm³/mol. The van der Waals surface area contributed by atoms with Crippen LogP contribution < -0.4 is 19.7 Å². The number of amides is 1. The zero-order chi connectivity index (χ0) is 24.1.